The highest BCUT2D eigenvalue weighted by molar-refractivity contribution is 5.95. The second-order valence-corrected chi connectivity index (χ2v) is 5.43. The molecule has 0 bridgehead atoms. The average Bonchev–Trinajstić information content (AvgIpc) is 2.60. The van der Waals surface area contributed by atoms with Crippen molar-refractivity contribution < 1.29 is 28.2 Å². The van der Waals surface area contributed by atoms with E-state index in [4.69, 9.17) is 14.2 Å². The molecule has 1 N–H and O–H groups in total. The first-order valence-corrected chi connectivity index (χ1v) is 7.55. The number of hydrogen-bond acceptors (Lipinski definition) is 5. The first kappa shape index (κ1) is 17.8. The Kier molecular flexibility index (Phi) is 5.83. The molecule has 132 valence electrons. The number of amides is 2. The predicted octanol–water partition coefficient (Wildman–Crippen LogP) is 2.00. The Hall–Kier alpha value is -2.51. The van der Waals surface area contributed by atoms with Gasteiger partial charge in [-0.1, -0.05) is 0 Å². The van der Waals surface area contributed by atoms with Gasteiger partial charge in [-0.15, -0.1) is 4.39 Å². The molecule has 2 amide bonds. The number of carbonyl (C=O) groups excluding carboxylic acids is 2. The zero-order valence-electron chi connectivity index (χ0n) is 13.9. The molecule has 1 aliphatic heterocycles. The summed E-state index contributed by atoms with van der Waals surface area (Å²) in [6.45, 7) is 0.525. The van der Waals surface area contributed by atoms with Gasteiger partial charge in [0.15, 0.2) is 11.5 Å². The molecule has 1 fully saturated rings. The van der Waals surface area contributed by atoms with Crippen LogP contribution in [0.5, 0.6) is 17.2 Å². The Morgan fingerprint density at radius 1 is 1.17 bits per heavy atom. The van der Waals surface area contributed by atoms with Crippen molar-refractivity contribution >= 4 is 12.1 Å². The summed E-state index contributed by atoms with van der Waals surface area (Å²) in [5.74, 6) is 0.772. The fourth-order valence-electron chi connectivity index (χ4n) is 2.74. The minimum Gasteiger partial charge on any atom is -0.493 e. The lowest BCUT2D eigenvalue weighted by atomic mass is 10.1. The first-order chi connectivity index (χ1) is 11.5. The van der Waals surface area contributed by atoms with E-state index < -0.39 is 6.16 Å². The minimum atomic E-state index is -1.47. The standard InChI is InChI=1S/C16H21FN2O5/c1-22-12-7-10(8-13(23-2)14(12)24-3)15(20)18-11-5-4-6-19(9-11)16(17)21/h7-8,11H,4-6,9H2,1-3H3,(H,18,20). The number of hydrogen-bond donors (Lipinski definition) is 1. The molecular formula is C16H21FN2O5. The Balaban J connectivity index is 2.16. The molecule has 1 aromatic rings. The zero-order valence-corrected chi connectivity index (χ0v) is 13.9. The van der Waals surface area contributed by atoms with Crippen LogP contribution in [0.25, 0.3) is 0 Å². The molecule has 0 radical (unpaired) electrons. The fourth-order valence-corrected chi connectivity index (χ4v) is 2.74. The smallest absolute Gasteiger partial charge is 0.400 e. The number of piperidine rings is 1. The number of carbonyl (C=O) groups is 2. The number of halogens is 1. The second-order valence-electron chi connectivity index (χ2n) is 5.43. The van der Waals surface area contributed by atoms with Gasteiger partial charge in [-0.25, -0.2) is 4.79 Å². The van der Waals surface area contributed by atoms with Crippen LogP contribution in [0.2, 0.25) is 0 Å². The summed E-state index contributed by atoms with van der Waals surface area (Å²) in [7, 11) is 4.40. The van der Waals surface area contributed by atoms with Crippen LogP contribution in [0.4, 0.5) is 9.18 Å². The Bertz CT molecular complexity index is 597. The topological polar surface area (TPSA) is 77.1 Å². The summed E-state index contributed by atoms with van der Waals surface area (Å²) >= 11 is 0. The zero-order chi connectivity index (χ0) is 17.7. The third-order valence-electron chi connectivity index (χ3n) is 3.93. The van der Waals surface area contributed by atoms with Crippen LogP contribution in [0.3, 0.4) is 0 Å². The van der Waals surface area contributed by atoms with E-state index in [2.05, 4.69) is 5.32 Å². The van der Waals surface area contributed by atoms with Crippen molar-refractivity contribution in [1.29, 1.82) is 0 Å². The lowest BCUT2D eigenvalue weighted by molar-refractivity contribution is 0.0903. The van der Waals surface area contributed by atoms with E-state index in [0.29, 0.717) is 42.2 Å². The number of rotatable bonds is 5. The SMILES string of the molecule is COc1cc(C(=O)NC2CCCN(C(=O)F)C2)cc(OC)c1OC. The van der Waals surface area contributed by atoms with Crippen LogP contribution in [-0.4, -0.2) is 57.4 Å². The number of methoxy groups -OCH3 is 3. The molecule has 7 nitrogen and oxygen atoms in total. The Morgan fingerprint density at radius 3 is 2.29 bits per heavy atom. The molecule has 0 aromatic heterocycles. The van der Waals surface area contributed by atoms with Gasteiger partial charge in [0, 0.05) is 24.7 Å². The minimum absolute atomic E-state index is 0.158. The summed E-state index contributed by atoms with van der Waals surface area (Å²) in [4.78, 5) is 24.4. The van der Waals surface area contributed by atoms with E-state index in [-0.39, 0.29) is 18.5 Å². The highest BCUT2D eigenvalue weighted by Gasteiger charge is 2.25. The van der Waals surface area contributed by atoms with Crippen molar-refractivity contribution in [2.24, 2.45) is 0 Å². The van der Waals surface area contributed by atoms with Gasteiger partial charge in [-0.2, -0.15) is 0 Å². The summed E-state index contributed by atoms with van der Waals surface area (Å²) in [6, 6.07) is 2.78. The van der Waals surface area contributed by atoms with E-state index in [1.807, 2.05) is 0 Å². The molecule has 1 atom stereocenters. The highest BCUT2D eigenvalue weighted by Crippen LogP contribution is 2.38. The van der Waals surface area contributed by atoms with Crippen molar-refractivity contribution in [3.63, 3.8) is 0 Å². The lowest BCUT2D eigenvalue weighted by Gasteiger charge is -2.31. The van der Waals surface area contributed by atoms with Crippen LogP contribution < -0.4 is 19.5 Å². The number of likely N-dealkylation sites (tertiary alicyclic amines) is 1. The van der Waals surface area contributed by atoms with Crippen molar-refractivity contribution in [2.45, 2.75) is 18.9 Å². The summed E-state index contributed by atoms with van der Waals surface area (Å²) in [5.41, 5.74) is 0.327. The van der Waals surface area contributed by atoms with Crippen LogP contribution >= 0.6 is 0 Å². The van der Waals surface area contributed by atoms with Crippen molar-refractivity contribution in [1.82, 2.24) is 10.2 Å². The lowest BCUT2D eigenvalue weighted by Crippen LogP contribution is -2.48. The van der Waals surface area contributed by atoms with Crippen molar-refractivity contribution in [2.75, 3.05) is 34.4 Å². The highest BCUT2D eigenvalue weighted by atomic mass is 19.1. The molecule has 2 rings (SSSR count). The summed E-state index contributed by atoms with van der Waals surface area (Å²) in [5, 5.41) is 2.81. The molecule has 0 saturated carbocycles. The maximum Gasteiger partial charge on any atom is 0.400 e. The summed E-state index contributed by atoms with van der Waals surface area (Å²) in [6.07, 6.45) is -0.155. The number of nitrogens with one attached hydrogen (secondary N) is 1. The van der Waals surface area contributed by atoms with Crippen LogP contribution in [-0.2, 0) is 0 Å². The molecular weight excluding hydrogens is 319 g/mol. The van der Waals surface area contributed by atoms with Crippen LogP contribution in [0, 0.1) is 0 Å². The van der Waals surface area contributed by atoms with Crippen molar-refractivity contribution in [3.8, 4) is 17.2 Å². The van der Waals surface area contributed by atoms with E-state index >= 15 is 0 Å². The molecule has 0 spiro atoms. The van der Waals surface area contributed by atoms with E-state index in [9.17, 15) is 14.0 Å². The second kappa shape index (κ2) is 7.85. The van der Waals surface area contributed by atoms with Gasteiger partial charge in [0.25, 0.3) is 5.91 Å². The quantitative estimate of drug-likeness (QED) is 0.655. The molecule has 1 unspecified atom stereocenters. The molecule has 1 aliphatic rings. The van der Waals surface area contributed by atoms with Gasteiger partial charge in [-0.3, -0.25) is 4.79 Å². The van der Waals surface area contributed by atoms with Gasteiger partial charge in [-0.05, 0) is 25.0 Å². The van der Waals surface area contributed by atoms with E-state index in [0.717, 1.165) is 4.90 Å². The monoisotopic (exact) mass is 340 g/mol. The maximum absolute atomic E-state index is 12.8. The third kappa shape index (κ3) is 3.87. The van der Waals surface area contributed by atoms with E-state index in [1.165, 1.54) is 33.5 Å². The Morgan fingerprint density at radius 2 is 1.79 bits per heavy atom. The molecule has 0 aliphatic carbocycles. The van der Waals surface area contributed by atoms with Gasteiger partial charge in [0.1, 0.15) is 0 Å². The number of ether oxygens (including phenoxy) is 3. The predicted molar refractivity (Wildman–Crippen MR) is 84.7 cm³/mol. The van der Waals surface area contributed by atoms with E-state index in [1.54, 1.807) is 0 Å². The van der Waals surface area contributed by atoms with Gasteiger partial charge in [0.2, 0.25) is 5.75 Å². The fraction of sp³-hybridized carbons (Fsp3) is 0.500. The average molecular weight is 340 g/mol. The van der Waals surface area contributed by atoms with Gasteiger partial charge >= 0.3 is 6.16 Å². The maximum atomic E-state index is 12.8. The normalized spacial score (nSPS) is 17.2. The van der Waals surface area contributed by atoms with Gasteiger partial charge in [0.05, 0.1) is 21.3 Å². The summed E-state index contributed by atoms with van der Waals surface area (Å²) < 4.78 is 28.5. The molecule has 24 heavy (non-hydrogen) atoms. The first-order valence-electron chi connectivity index (χ1n) is 7.55. The third-order valence-corrected chi connectivity index (χ3v) is 3.93. The van der Waals surface area contributed by atoms with Crippen LogP contribution in [0.15, 0.2) is 12.1 Å². The van der Waals surface area contributed by atoms with Crippen LogP contribution in [0.1, 0.15) is 23.2 Å². The number of benzene rings is 1. The molecule has 1 saturated heterocycles. The largest absolute Gasteiger partial charge is 0.493 e. The van der Waals surface area contributed by atoms with Gasteiger partial charge < -0.3 is 24.4 Å². The molecule has 8 heteroatoms. The number of nitrogens with zero attached hydrogens (tertiary/aromatic N) is 1. The molecule has 1 aromatic carbocycles. The molecule has 1 heterocycles. The Labute approximate surface area is 139 Å². The van der Waals surface area contributed by atoms with Crippen molar-refractivity contribution in [3.05, 3.63) is 17.7 Å².